The number of nitrogens with one attached hydrogen (secondary N) is 3. The molecule has 3 unspecified atom stereocenters. The van der Waals surface area contributed by atoms with E-state index in [4.69, 9.17) is 21.1 Å². The van der Waals surface area contributed by atoms with Crippen molar-refractivity contribution in [3.8, 4) is 5.75 Å². The maximum Gasteiger partial charge on any atom is 0.452 e. The summed E-state index contributed by atoms with van der Waals surface area (Å²) in [5.41, 5.74) is 1.12. The number of hydrogen-bond donors (Lipinski definition) is 3. The zero-order valence-corrected chi connectivity index (χ0v) is 25.4. The van der Waals surface area contributed by atoms with E-state index in [1.807, 2.05) is 6.07 Å². The van der Waals surface area contributed by atoms with Crippen molar-refractivity contribution in [2.24, 2.45) is 5.92 Å². The van der Waals surface area contributed by atoms with Crippen LogP contribution in [0.3, 0.4) is 0 Å². The van der Waals surface area contributed by atoms with E-state index >= 15 is 0 Å². The van der Waals surface area contributed by atoms with Gasteiger partial charge in [-0.05, 0) is 47.4 Å². The number of Topliss-reactive ketones (excluding diaryl/α,β-unsaturated/α-hetero) is 1. The molecular formula is C32H33ClF3N3O6. The first-order valence-corrected chi connectivity index (χ1v) is 14.2. The summed E-state index contributed by atoms with van der Waals surface area (Å²) in [4.78, 5) is 52.3. The lowest BCUT2D eigenvalue weighted by atomic mass is 9.97. The van der Waals surface area contributed by atoms with E-state index in [1.165, 1.54) is 57.4 Å². The van der Waals surface area contributed by atoms with Crippen LogP contribution in [0, 0.1) is 5.92 Å². The third kappa shape index (κ3) is 10.3. The van der Waals surface area contributed by atoms with Crippen molar-refractivity contribution in [3.63, 3.8) is 0 Å². The van der Waals surface area contributed by atoms with Crippen LogP contribution >= 0.6 is 11.6 Å². The number of alkyl halides is 3. The molecule has 3 rings (SSSR count). The molecule has 0 aliphatic carbocycles. The number of hydrogen-bond acceptors (Lipinski definition) is 6. The number of carbonyl (C=O) groups is 4. The summed E-state index contributed by atoms with van der Waals surface area (Å²) in [5, 5.41) is 7.50. The van der Waals surface area contributed by atoms with Gasteiger partial charge in [0.05, 0.1) is 26.4 Å². The van der Waals surface area contributed by atoms with E-state index in [2.05, 4.69) is 16.0 Å². The Balaban J connectivity index is 1.90. The Morgan fingerprint density at radius 1 is 0.844 bits per heavy atom. The maximum atomic E-state index is 13.7. The number of amides is 3. The van der Waals surface area contributed by atoms with Crippen LogP contribution in [0.15, 0.2) is 78.9 Å². The maximum absolute atomic E-state index is 13.7. The molecule has 0 saturated heterocycles. The first kappa shape index (κ1) is 35.1. The van der Waals surface area contributed by atoms with Gasteiger partial charge in [0.1, 0.15) is 17.8 Å². The molecule has 3 N–H and O–H groups in total. The predicted octanol–water partition coefficient (Wildman–Crippen LogP) is 4.79. The van der Waals surface area contributed by atoms with Gasteiger partial charge < -0.3 is 25.4 Å². The summed E-state index contributed by atoms with van der Waals surface area (Å²) >= 11 is 6.01. The first-order valence-electron chi connectivity index (χ1n) is 13.8. The smallest absolute Gasteiger partial charge is 0.452 e. The van der Waals surface area contributed by atoms with Crippen LogP contribution < -0.4 is 20.7 Å². The normalized spacial score (nSPS) is 13.3. The summed E-state index contributed by atoms with van der Waals surface area (Å²) < 4.78 is 50.8. The molecule has 0 aromatic heterocycles. The lowest BCUT2D eigenvalue weighted by Gasteiger charge is -2.27. The minimum atomic E-state index is -5.20. The standard InChI is InChI=1S/C32H33ClF3N3O6/c1-19(2)26(28(40)32(34,35)36)38-31(43)27(21-12-14-24(44-3)15-13-21)39-30(42)25(18-45-17-20-8-5-4-6-9-20)37-29(41)22-10-7-11-23(33)16-22/h4-16,19,25-27H,17-18H2,1-3H3,(H,37,41)(H,38,43)(H,39,42). The van der Waals surface area contributed by atoms with Crippen molar-refractivity contribution in [1.29, 1.82) is 0 Å². The second-order valence-corrected chi connectivity index (χ2v) is 10.8. The van der Waals surface area contributed by atoms with Crippen LogP contribution in [0.4, 0.5) is 13.2 Å². The molecule has 3 amide bonds. The molecule has 0 aliphatic heterocycles. The van der Waals surface area contributed by atoms with Gasteiger partial charge in [0.2, 0.25) is 11.8 Å². The van der Waals surface area contributed by atoms with Crippen LogP contribution in [0.2, 0.25) is 5.02 Å². The minimum absolute atomic E-state index is 0.0929. The number of rotatable bonds is 14. The summed E-state index contributed by atoms with van der Waals surface area (Å²) in [6.07, 6.45) is -5.20. The molecule has 3 aromatic rings. The highest BCUT2D eigenvalue weighted by molar-refractivity contribution is 6.31. The van der Waals surface area contributed by atoms with Gasteiger partial charge in [-0.2, -0.15) is 13.2 Å². The quantitative estimate of drug-likeness (QED) is 0.231. The van der Waals surface area contributed by atoms with E-state index in [0.29, 0.717) is 5.75 Å². The highest BCUT2D eigenvalue weighted by Gasteiger charge is 2.45. The average Bonchev–Trinajstić information content (AvgIpc) is 3.01. The van der Waals surface area contributed by atoms with Gasteiger partial charge in [0, 0.05) is 10.6 Å². The largest absolute Gasteiger partial charge is 0.497 e. The van der Waals surface area contributed by atoms with Crippen molar-refractivity contribution in [2.45, 2.75) is 44.8 Å². The monoisotopic (exact) mass is 647 g/mol. The fourth-order valence-corrected chi connectivity index (χ4v) is 4.40. The molecule has 3 aromatic carbocycles. The number of ketones is 1. The fourth-order valence-electron chi connectivity index (χ4n) is 4.21. The number of methoxy groups -OCH3 is 1. The van der Waals surface area contributed by atoms with Crippen molar-refractivity contribution in [1.82, 2.24) is 16.0 Å². The summed E-state index contributed by atoms with van der Waals surface area (Å²) in [5.74, 6) is -5.26. The Morgan fingerprint density at radius 2 is 1.51 bits per heavy atom. The molecular weight excluding hydrogens is 615 g/mol. The highest BCUT2D eigenvalue weighted by atomic mass is 35.5. The molecule has 0 spiro atoms. The van der Waals surface area contributed by atoms with E-state index in [1.54, 1.807) is 36.4 Å². The minimum Gasteiger partial charge on any atom is -0.497 e. The van der Waals surface area contributed by atoms with E-state index in [0.717, 1.165) is 5.56 Å². The second-order valence-electron chi connectivity index (χ2n) is 10.3. The molecule has 45 heavy (non-hydrogen) atoms. The lowest BCUT2D eigenvalue weighted by Crippen LogP contribution is -2.55. The molecule has 9 nitrogen and oxygen atoms in total. The molecule has 240 valence electrons. The lowest BCUT2D eigenvalue weighted by molar-refractivity contribution is -0.175. The first-order chi connectivity index (χ1) is 21.3. The van der Waals surface area contributed by atoms with Crippen LogP contribution in [0.25, 0.3) is 0 Å². The van der Waals surface area contributed by atoms with E-state index in [-0.39, 0.29) is 29.4 Å². The number of ether oxygens (including phenoxy) is 2. The van der Waals surface area contributed by atoms with Gasteiger partial charge in [-0.1, -0.05) is 74.0 Å². The number of carbonyl (C=O) groups excluding carboxylic acids is 4. The molecule has 0 bridgehead atoms. The Hall–Kier alpha value is -4.42. The second kappa shape index (κ2) is 16.1. The Kier molecular flexibility index (Phi) is 12.5. The van der Waals surface area contributed by atoms with Gasteiger partial charge in [-0.3, -0.25) is 19.2 Å². The third-order valence-electron chi connectivity index (χ3n) is 6.63. The van der Waals surface area contributed by atoms with Crippen molar-refractivity contribution in [3.05, 3.63) is 101 Å². The van der Waals surface area contributed by atoms with Gasteiger partial charge in [-0.15, -0.1) is 0 Å². The highest BCUT2D eigenvalue weighted by Crippen LogP contribution is 2.23. The van der Waals surface area contributed by atoms with Crippen molar-refractivity contribution in [2.75, 3.05) is 13.7 Å². The fraction of sp³-hybridized carbons (Fsp3) is 0.312. The summed E-state index contributed by atoms with van der Waals surface area (Å²) in [6.45, 7) is 2.46. The van der Waals surface area contributed by atoms with E-state index in [9.17, 15) is 32.3 Å². The Bertz CT molecular complexity index is 1470. The molecule has 0 aliphatic rings. The topological polar surface area (TPSA) is 123 Å². The number of benzene rings is 3. The van der Waals surface area contributed by atoms with Crippen LogP contribution in [-0.4, -0.2) is 55.5 Å². The van der Waals surface area contributed by atoms with Gasteiger partial charge in [-0.25, -0.2) is 0 Å². The Morgan fingerprint density at radius 3 is 2.09 bits per heavy atom. The summed E-state index contributed by atoms with van der Waals surface area (Å²) in [6, 6.07) is 16.0. The SMILES string of the molecule is COc1ccc(C(NC(=O)C(COCc2ccccc2)NC(=O)c2cccc(Cl)c2)C(=O)NC(C(=O)C(F)(F)F)C(C)C)cc1. The molecule has 0 fully saturated rings. The summed E-state index contributed by atoms with van der Waals surface area (Å²) in [7, 11) is 1.42. The molecule has 0 heterocycles. The zero-order chi connectivity index (χ0) is 33.1. The number of halogens is 4. The van der Waals surface area contributed by atoms with Crippen LogP contribution in [0.1, 0.15) is 41.4 Å². The predicted molar refractivity (Wildman–Crippen MR) is 161 cm³/mol. The molecule has 3 atom stereocenters. The molecule has 0 saturated carbocycles. The average molecular weight is 648 g/mol. The zero-order valence-electron chi connectivity index (χ0n) is 24.7. The molecule has 13 heteroatoms. The third-order valence-corrected chi connectivity index (χ3v) is 6.86. The molecule has 0 radical (unpaired) electrons. The Labute approximate surface area is 263 Å². The van der Waals surface area contributed by atoms with Crippen LogP contribution in [-0.2, 0) is 25.7 Å². The van der Waals surface area contributed by atoms with Crippen molar-refractivity contribution < 1.29 is 41.8 Å². The van der Waals surface area contributed by atoms with Crippen LogP contribution in [0.5, 0.6) is 5.75 Å². The van der Waals surface area contributed by atoms with E-state index < -0.39 is 53.7 Å². The van der Waals surface area contributed by atoms with Crippen molar-refractivity contribution >= 4 is 35.1 Å². The van der Waals surface area contributed by atoms with Gasteiger partial charge >= 0.3 is 6.18 Å². The van der Waals surface area contributed by atoms with Gasteiger partial charge in [0.15, 0.2) is 0 Å². The van der Waals surface area contributed by atoms with Gasteiger partial charge in [0.25, 0.3) is 11.7 Å².